The number of hydrogen-bond acceptors (Lipinski definition) is 5. The molecule has 1 heterocycles. The minimum Gasteiger partial charge on any atom is -0.390 e. The van der Waals surface area contributed by atoms with E-state index in [9.17, 15) is 5.11 Å². The van der Waals surface area contributed by atoms with Crippen LogP contribution in [-0.2, 0) is 0 Å². The van der Waals surface area contributed by atoms with E-state index in [4.69, 9.17) is 0 Å². The second-order valence-corrected chi connectivity index (χ2v) is 5.62. The molecule has 1 aromatic heterocycles. The average Bonchev–Trinajstić information content (AvgIpc) is 2.60. The molecule has 4 nitrogen and oxygen atoms in total. The third-order valence-corrected chi connectivity index (χ3v) is 3.34. The van der Waals surface area contributed by atoms with Gasteiger partial charge in [-0.05, 0) is 27.9 Å². The van der Waals surface area contributed by atoms with Crippen LogP contribution in [0.2, 0.25) is 0 Å². The lowest BCUT2D eigenvalue weighted by Crippen LogP contribution is -2.36. The van der Waals surface area contributed by atoms with Crippen molar-refractivity contribution in [2.24, 2.45) is 0 Å². The molecule has 0 spiro atoms. The predicted molar refractivity (Wildman–Crippen MR) is 67.8 cm³/mol. The van der Waals surface area contributed by atoms with E-state index in [1.807, 2.05) is 25.2 Å². The van der Waals surface area contributed by atoms with Gasteiger partial charge in [0.1, 0.15) is 5.01 Å². The summed E-state index contributed by atoms with van der Waals surface area (Å²) in [6.07, 6.45) is 1.55. The summed E-state index contributed by atoms with van der Waals surface area (Å²) in [5, 5.41) is 14.1. The zero-order valence-electron chi connectivity index (χ0n) is 10.4. The van der Waals surface area contributed by atoms with Crippen molar-refractivity contribution in [2.45, 2.75) is 26.0 Å². The maximum absolute atomic E-state index is 9.70. The summed E-state index contributed by atoms with van der Waals surface area (Å²) in [6, 6.07) is 0.204. The maximum Gasteiger partial charge on any atom is 0.109 e. The monoisotopic (exact) mass is 243 g/mol. The average molecular weight is 243 g/mol. The number of thiazole rings is 1. The molecule has 2 atom stereocenters. The van der Waals surface area contributed by atoms with Gasteiger partial charge >= 0.3 is 0 Å². The SMILES string of the molecule is Cc1cnc(C(C)NCC(O)CN(C)C)s1. The molecule has 2 unspecified atom stereocenters. The van der Waals surface area contributed by atoms with Crippen molar-refractivity contribution >= 4 is 11.3 Å². The highest BCUT2D eigenvalue weighted by Crippen LogP contribution is 2.18. The van der Waals surface area contributed by atoms with Crippen LogP contribution in [0.1, 0.15) is 22.9 Å². The van der Waals surface area contributed by atoms with E-state index in [0.717, 1.165) is 5.01 Å². The van der Waals surface area contributed by atoms with Gasteiger partial charge in [0, 0.05) is 24.2 Å². The molecule has 1 aromatic rings. The maximum atomic E-state index is 9.70. The minimum absolute atomic E-state index is 0.204. The summed E-state index contributed by atoms with van der Waals surface area (Å²) in [5.41, 5.74) is 0. The van der Waals surface area contributed by atoms with Gasteiger partial charge in [-0.1, -0.05) is 0 Å². The lowest BCUT2D eigenvalue weighted by molar-refractivity contribution is 0.132. The molecule has 16 heavy (non-hydrogen) atoms. The van der Waals surface area contributed by atoms with E-state index in [1.165, 1.54) is 4.88 Å². The van der Waals surface area contributed by atoms with Crippen molar-refractivity contribution in [1.82, 2.24) is 15.2 Å². The lowest BCUT2D eigenvalue weighted by Gasteiger charge is -2.18. The van der Waals surface area contributed by atoms with Crippen LogP contribution in [0.4, 0.5) is 0 Å². The molecule has 1 rings (SSSR count). The molecule has 0 aliphatic heterocycles. The molecule has 0 aromatic carbocycles. The molecule has 0 aliphatic carbocycles. The topological polar surface area (TPSA) is 48.4 Å². The van der Waals surface area contributed by atoms with Gasteiger partial charge in [-0.2, -0.15) is 0 Å². The van der Waals surface area contributed by atoms with Crippen LogP contribution < -0.4 is 5.32 Å². The number of hydrogen-bond donors (Lipinski definition) is 2. The van der Waals surface area contributed by atoms with Crippen molar-refractivity contribution in [3.63, 3.8) is 0 Å². The molecule has 0 bridgehead atoms. The van der Waals surface area contributed by atoms with Gasteiger partial charge in [-0.15, -0.1) is 11.3 Å². The van der Waals surface area contributed by atoms with Gasteiger partial charge < -0.3 is 15.3 Å². The fourth-order valence-electron chi connectivity index (χ4n) is 1.46. The summed E-state index contributed by atoms with van der Waals surface area (Å²) in [4.78, 5) is 7.52. The smallest absolute Gasteiger partial charge is 0.109 e. The summed E-state index contributed by atoms with van der Waals surface area (Å²) in [6.45, 7) is 5.39. The Morgan fingerprint density at radius 3 is 2.75 bits per heavy atom. The van der Waals surface area contributed by atoms with Crippen molar-refractivity contribution in [1.29, 1.82) is 0 Å². The Morgan fingerprint density at radius 1 is 1.56 bits per heavy atom. The van der Waals surface area contributed by atoms with Gasteiger partial charge in [-0.25, -0.2) is 4.98 Å². The van der Waals surface area contributed by atoms with Crippen LogP contribution in [0.5, 0.6) is 0 Å². The number of aliphatic hydroxyl groups excluding tert-OH is 1. The zero-order valence-corrected chi connectivity index (χ0v) is 11.2. The van der Waals surface area contributed by atoms with Crippen molar-refractivity contribution < 1.29 is 5.11 Å². The van der Waals surface area contributed by atoms with Crippen LogP contribution in [0.25, 0.3) is 0 Å². The molecule has 5 heteroatoms. The first-order valence-corrected chi connectivity index (χ1v) is 6.29. The minimum atomic E-state index is -0.335. The Bertz CT molecular complexity index is 314. The quantitative estimate of drug-likeness (QED) is 0.783. The van der Waals surface area contributed by atoms with E-state index in [-0.39, 0.29) is 12.1 Å². The third kappa shape index (κ3) is 4.57. The number of aryl methyl sites for hydroxylation is 1. The summed E-state index contributed by atoms with van der Waals surface area (Å²) in [5.74, 6) is 0. The number of aliphatic hydroxyl groups is 1. The molecule has 92 valence electrons. The van der Waals surface area contributed by atoms with Gasteiger partial charge in [0.05, 0.1) is 12.1 Å². The predicted octanol–water partition coefficient (Wildman–Crippen LogP) is 1.02. The van der Waals surface area contributed by atoms with Crippen LogP contribution in [0.3, 0.4) is 0 Å². The van der Waals surface area contributed by atoms with Crippen LogP contribution in [0, 0.1) is 6.92 Å². The van der Waals surface area contributed by atoms with Gasteiger partial charge in [0.2, 0.25) is 0 Å². The second kappa shape index (κ2) is 6.30. The normalized spacial score (nSPS) is 15.4. The Labute approximate surface area is 101 Å². The summed E-state index contributed by atoms with van der Waals surface area (Å²) in [7, 11) is 3.91. The summed E-state index contributed by atoms with van der Waals surface area (Å²) < 4.78 is 0. The Kier molecular flexibility index (Phi) is 5.34. The molecule has 0 aliphatic rings. The zero-order chi connectivity index (χ0) is 12.1. The summed E-state index contributed by atoms with van der Waals surface area (Å²) >= 11 is 1.70. The van der Waals surface area contributed by atoms with Crippen LogP contribution in [0.15, 0.2) is 6.20 Å². The highest BCUT2D eigenvalue weighted by atomic mass is 32.1. The van der Waals surface area contributed by atoms with Gasteiger partial charge in [0.15, 0.2) is 0 Å². The lowest BCUT2D eigenvalue weighted by atomic mass is 10.3. The molecule has 2 N–H and O–H groups in total. The highest BCUT2D eigenvalue weighted by Gasteiger charge is 2.11. The Morgan fingerprint density at radius 2 is 2.25 bits per heavy atom. The Hall–Kier alpha value is -0.490. The third-order valence-electron chi connectivity index (χ3n) is 2.25. The van der Waals surface area contributed by atoms with Crippen molar-refractivity contribution in [3.8, 4) is 0 Å². The number of likely N-dealkylation sites (N-methyl/N-ethyl adjacent to an activating group) is 1. The van der Waals surface area contributed by atoms with Crippen molar-refractivity contribution in [3.05, 3.63) is 16.1 Å². The number of rotatable bonds is 6. The first-order valence-electron chi connectivity index (χ1n) is 5.47. The first kappa shape index (κ1) is 13.6. The number of nitrogens with one attached hydrogen (secondary N) is 1. The fraction of sp³-hybridized carbons (Fsp3) is 0.727. The van der Waals surface area contributed by atoms with Gasteiger partial charge in [0.25, 0.3) is 0 Å². The highest BCUT2D eigenvalue weighted by molar-refractivity contribution is 7.11. The van der Waals surface area contributed by atoms with Crippen LogP contribution >= 0.6 is 11.3 Å². The molecule has 0 amide bonds. The first-order chi connectivity index (χ1) is 7.49. The van der Waals surface area contributed by atoms with E-state index in [1.54, 1.807) is 11.3 Å². The molecule has 0 fully saturated rings. The van der Waals surface area contributed by atoms with Crippen molar-refractivity contribution in [2.75, 3.05) is 27.2 Å². The van der Waals surface area contributed by atoms with E-state index < -0.39 is 0 Å². The van der Waals surface area contributed by atoms with E-state index in [2.05, 4.69) is 24.1 Å². The number of aromatic nitrogens is 1. The van der Waals surface area contributed by atoms with E-state index in [0.29, 0.717) is 13.1 Å². The molecular formula is C11H21N3OS. The standard InChI is InChI=1S/C11H21N3OS/c1-8-5-13-11(16-8)9(2)12-6-10(15)7-14(3)4/h5,9-10,12,15H,6-7H2,1-4H3. The molecule has 0 saturated heterocycles. The number of nitrogens with zero attached hydrogens (tertiary/aromatic N) is 2. The molecule has 0 radical (unpaired) electrons. The second-order valence-electron chi connectivity index (χ2n) is 4.36. The largest absolute Gasteiger partial charge is 0.390 e. The fourth-order valence-corrected chi connectivity index (χ4v) is 2.26. The van der Waals surface area contributed by atoms with Crippen LogP contribution in [-0.4, -0.2) is 48.3 Å². The van der Waals surface area contributed by atoms with E-state index >= 15 is 0 Å². The van der Waals surface area contributed by atoms with Gasteiger partial charge in [-0.3, -0.25) is 0 Å². The molecular weight excluding hydrogens is 222 g/mol. The Balaban J connectivity index is 2.32. The molecule has 0 saturated carbocycles.